The molecular weight excluding hydrogens is 327 g/mol. The van der Waals surface area contributed by atoms with E-state index in [1.807, 2.05) is 6.07 Å². The van der Waals surface area contributed by atoms with Gasteiger partial charge in [0, 0.05) is 28.1 Å². The van der Waals surface area contributed by atoms with Gasteiger partial charge in [-0.05, 0) is 18.2 Å². The maximum absolute atomic E-state index is 14.2. The highest BCUT2D eigenvalue weighted by Gasteiger charge is 2.13. The zero-order valence-corrected chi connectivity index (χ0v) is 13.4. The zero-order valence-electron chi connectivity index (χ0n) is 12.6. The van der Waals surface area contributed by atoms with E-state index in [1.54, 1.807) is 30.3 Å². The van der Waals surface area contributed by atoms with E-state index in [1.165, 1.54) is 12.3 Å². The van der Waals surface area contributed by atoms with Gasteiger partial charge in [-0.25, -0.2) is 9.38 Å². The van der Waals surface area contributed by atoms with Crippen molar-refractivity contribution in [3.8, 4) is 11.3 Å². The minimum Gasteiger partial charge on any atom is -0.370 e. The van der Waals surface area contributed by atoms with Gasteiger partial charge in [0.2, 0.25) is 0 Å². The summed E-state index contributed by atoms with van der Waals surface area (Å²) in [7, 11) is 0. The van der Waals surface area contributed by atoms with Crippen LogP contribution in [0.2, 0.25) is 5.02 Å². The molecule has 6 heteroatoms. The van der Waals surface area contributed by atoms with Crippen LogP contribution in [0.25, 0.3) is 27.7 Å². The number of fused-ring (bicyclic) bond motifs is 1. The fourth-order valence-corrected chi connectivity index (χ4v) is 2.69. The van der Waals surface area contributed by atoms with Crippen LogP contribution in [0, 0.1) is 5.82 Å². The monoisotopic (exact) mass is 340 g/mol. The Morgan fingerprint density at radius 1 is 1.12 bits per heavy atom. The summed E-state index contributed by atoms with van der Waals surface area (Å²) in [6, 6.07) is 11.8. The smallest absolute Gasteiger partial charge is 0.191 e. The first-order valence-electron chi connectivity index (χ1n) is 7.09. The van der Waals surface area contributed by atoms with E-state index in [4.69, 9.17) is 23.1 Å². The highest BCUT2D eigenvalue weighted by Crippen LogP contribution is 2.34. The Bertz CT molecular complexity index is 978. The molecule has 4 nitrogen and oxygen atoms in total. The van der Waals surface area contributed by atoms with Crippen LogP contribution in [0.4, 0.5) is 4.39 Å². The molecule has 2 aromatic carbocycles. The highest BCUT2D eigenvalue weighted by atomic mass is 35.5. The van der Waals surface area contributed by atoms with E-state index < -0.39 is 0 Å². The molecule has 0 spiro atoms. The van der Waals surface area contributed by atoms with E-state index in [0.717, 1.165) is 5.39 Å². The van der Waals surface area contributed by atoms with Crippen molar-refractivity contribution in [2.75, 3.05) is 0 Å². The van der Waals surface area contributed by atoms with Gasteiger partial charge in [0.25, 0.3) is 0 Å². The number of pyridine rings is 1. The maximum atomic E-state index is 14.2. The van der Waals surface area contributed by atoms with Crippen molar-refractivity contribution < 1.29 is 4.39 Å². The van der Waals surface area contributed by atoms with Gasteiger partial charge in [-0.1, -0.05) is 42.4 Å². The molecule has 0 bridgehead atoms. The minimum absolute atomic E-state index is 0.0846. The molecule has 0 saturated carbocycles. The van der Waals surface area contributed by atoms with Gasteiger partial charge < -0.3 is 11.5 Å². The number of nitrogens with zero attached hydrogens (tertiary/aromatic N) is 2. The Morgan fingerprint density at radius 3 is 2.58 bits per heavy atom. The first-order valence-corrected chi connectivity index (χ1v) is 7.47. The van der Waals surface area contributed by atoms with Crippen molar-refractivity contribution in [2.24, 2.45) is 16.5 Å². The third-order valence-electron chi connectivity index (χ3n) is 3.57. The van der Waals surface area contributed by atoms with Gasteiger partial charge in [-0.3, -0.25) is 4.98 Å². The predicted octanol–water partition coefficient (Wildman–Crippen LogP) is 3.94. The van der Waals surface area contributed by atoms with Gasteiger partial charge in [0.05, 0.1) is 16.4 Å². The summed E-state index contributed by atoms with van der Waals surface area (Å²) in [6.45, 7) is 3.84. The lowest BCUT2D eigenvalue weighted by Gasteiger charge is -2.10. The fourth-order valence-electron chi connectivity index (χ4n) is 2.48. The first kappa shape index (κ1) is 16.0. The predicted molar refractivity (Wildman–Crippen MR) is 97.0 cm³/mol. The second-order valence-corrected chi connectivity index (χ2v) is 5.59. The Labute approximate surface area is 143 Å². The molecular formula is C18H14ClFN4. The molecule has 1 aromatic heterocycles. The van der Waals surface area contributed by atoms with Crippen LogP contribution in [0.15, 0.2) is 60.2 Å². The maximum Gasteiger partial charge on any atom is 0.191 e. The van der Waals surface area contributed by atoms with E-state index in [2.05, 4.69) is 16.6 Å². The SMILES string of the molecule is C=C(N=C(N)N)c1ccc2c(Cl)cnc(-c3ccccc3F)c2c1. The quantitative estimate of drug-likeness (QED) is 0.560. The van der Waals surface area contributed by atoms with E-state index in [0.29, 0.717) is 32.9 Å². The summed E-state index contributed by atoms with van der Waals surface area (Å²) < 4.78 is 14.2. The van der Waals surface area contributed by atoms with Gasteiger partial charge >= 0.3 is 0 Å². The molecule has 0 radical (unpaired) electrons. The van der Waals surface area contributed by atoms with Crippen molar-refractivity contribution in [3.05, 3.63) is 71.6 Å². The third-order valence-corrected chi connectivity index (χ3v) is 3.87. The molecule has 0 fully saturated rings. The molecule has 120 valence electrons. The molecule has 0 unspecified atom stereocenters. The Balaban J connectivity index is 2.27. The average Bonchev–Trinajstić information content (AvgIpc) is 2.55. The second kappa shape index (κ2) is 6.29. The number of hydrogen-bond acceptors (Lipinski definition) is 2. The molecule has 0 amide bonds. The number of aromatic nitrogens is 1. The van der Waals surface area contributed by atoms with Crippen LogP contribution in [0.5, 0.6) is 0 Å². The number of benzene rings is 2. The van der Waals surface area contributed by atoms with Gasteiger partial charge in [-0.15, -0.1) is 0 Å². The molecule has 0 aliphatic rings. The van der Waals surface area contributed by atoms with Gasteiger partial charge in [-0.2, -0.15) is 0 Å². The van der Waals surface area contributed by atoms with Crippen LogP contribution in [-0.2, 0) is 0 Å². The molecule has 24 heavy (non-hydrogen) atoms. The molecule has 3 aromatic rings. The summed E-state index contributed by atoms with van der Waals surface area (Å²) in [5.74, 6) is -0.444. The standard InChI is InChI=1S/C18H14ClFN4/c1-10(24-18(21)22)11-6-7-12-14(8-11)17(23-9-15(12)19)13-4-2-3-5-16(13)20/h2-9H,1H2,(H4,21,22,24). The van der Waals surface area contributed by atoms with Crippen LogP contribution in [0.3, 0.4) is 0 Å². The van der Waals surface area contributed by atoms with Crippen molar-refractivity contribution in [1.29, 1.82) is 0 Å². The number of rotatable bonds is 3. The first-order chi connectivity index (χ1) is 11.5. The summed E-state index contributed by atoms with van der Waals surface area (Å²) in [5, 5.41) is 1.92. The lowest BCUT2D eigenvalue weighted by atomic mass is 10.0. The summed E-state index contributed by atoms with van der Waals surface area (Å²) in [5.41, 5.74) is 12.8. The van der Waals surface area contributed by atoms with Gasteiger partial charge in [0.15, 0.2) is 5.96 Å². The number of aliphatic imine (C=N–C) groups is 1. The topological polar surface area (TPSA) is 77.3 Å². The van der Waals surface area contributed by atoms with E-state index in [-0.39, 0.29) is 11.8 Å². The second-order valence-electron chi connectivity index (χ2n) is 5.18. The highest BCUT2D eigenvalue weighted by molar-refractivity contribution is 6.35. The van der Waals surface area contributed by atoms with Crippen molar-refractivity contribution in [3.63, 3.8) is 0 Å². The molecule has 0 atom stereocenters. The zero-order chi connectivity index (χ0) is 17.3. The van der Waals surface area contributed by atoms with Crippen molar-refractivity contribution in [1.82, 2.24) is 4.98 Å². The van der Waals surface area contributed by atoms with Crippen LogP contribution in [0.1, 0.15) is 5.56 Å². The van der Waals surface area contributed by atoms with Gasteiger partial charge in [0.1, 0.15) is 5.82 Å². The number of guanidine groups is 1. The third kappa shape index (κ3) is 2.94. The van der Waals surface area contributed by atoms with Crippen LogP contribution >= 0.6 is 11.6 Å². The number of halogens is 2. The van der Waals surface area contributed by atoms with Crippen LogP contribution in [-0.4, -0.2) is 10.9 Å². The molecule has 0 saturated heterocycles. The lowest BCUT2D eigenvalue weighted by molar-refractivity contribution is 0.631. The van der Waals surface area contributed by atoms with Crippen LogP contribution < -0.4 is 11.5 Å². The van der Waals surface area contributed by atoms with E-state index >= 15 is 0 Å². The number of hydrogen-bond donors (Lipinski definition) is 2. The summed E-state index contributed by atoms with van der Waals surface area (Å²) in [4.78, 5) is 8.26. The normalized spacial score (nSPS) is 10.6. The molecule has 4 N–H and O–H groups in total. The van der Waals surface area contributed by atoms with Crippen molar-refractivity contribution >= 4 is 34.0 Å². The fraction of sp³-hybridized carbons (Fsp3) is 0. The largest absolute Gasteiger partial charge is 0.370 e. The van der Waals surface area contributed by atoms with E-state index in [9.17, 15) is 4.39 Å². The minimum atomic E-state index is -0.359. The average molecular weight is 341 g/mol. The summed E-state index contributed by atoms with van der Waals surface area (Å²) >= 11 is 6.23. The molecule has 0 aliphatic heterocycles. The lowest BCUT2D eigenvalue weighted by Crippen LogP contribution is -2.22. The molecule has 3 rings (SSSR count). The number of nitrogens with two attached hydrogens (primary N) is 2. The molecule has 1 heterocycles. The summed E-state index contributed by atoms with van der Waals surface area (Å²) in [6.07, 6.45) is 1.51. The Morgan fingerprint density at radius 2 is 1.88 bits per heavy atom. The molecule has 0 aliphatic carbocycles. The Hall–Kier alpha value is -2.92. The van der Waals surface area contributed by atoms with Crippen molar-refractivity contribution in [2.45, 2.75) is 0 Å². The Kier molecular flexibility index (Phi) is 4.18.